The Balaban J connectivity index is 3.08. The molecule has 0 heteroatoms. The van der Waals surface area contributed by atoms with Gasteiger partial charge in [-0.1, -0.05) is 76.2 Å². The van der Waals surface area contributed by atoms with E-state index in [2.05, 4.69) is 38.2 Å². The molecule has 2 radical (unpaired) electrons. The highest BCUT2D eigenvalue weighted by Gasteiger charge is 1.90. The Bertz CT molecular complexity index is 212. The SMILES string of the molecule is [CH2][CH]C/C=C/CCC/C=C/CCCCCCCCCC. The van der Waals surface area contributed by atoms with Gasteiger partial charge in [-0.15, -0.1) is 0 Å². The molecule has 116 valence electrons. The molecule has 0 N–H and O–H groups in total. The van der Waals surface area contributed by atoms with Gasteiger partial charge in [-0.05, 0) is 51.9 Å². The highest BCUT2D eigenvalue weighted by atomic mass is 14.0. The van der Waals surface area contributed by atoms with Gasteiger partial charge in [-0.25, -0.2) is 0 Å². The fraction of sp³-hybridized carbons (Fsp3) is 0.700. The molecule has 0 aromatic rings. The lowest BCUT2D eigenvalue weighted by Crippen LogP contribution is -1.80. The van der Waals surface area contributed by atoms with E-state index in [0.717, 1.165) is 6.42 Å². The molecule has 0 aromatic carbocycles. The molecule has 0 rings (SSSR count). The van der Waals surface area contributed by atoms with Gasteiger partial charge in [0.25, 0.3) is 0 Å². The molecule has 20 heavy (non-hydrogen) atoms. The first-order valence-corrected chi connectivity index (χ1v) is 8.82. The molecular formula is C20H36. The Morgan fingerprint density at radius 1 is 0.600 bits per heavy atom. The molecule has 0 fully saturated rings. The van der Waals surface area contributed by atoms with Crippen molar-refractivity contribution < 1.29 is 0 Å². The molecule has 0 atom stereocenters. The highest BCUT2D eigenvalue weighted by molar-refractivity contribution is 4.89. The second kappa shape index (κ2) is 18.5. The summed E-state index contributed by atoms with van der Waals surface area (Å²) < 4.78 is 0. The van der Waals surface area contributed by atoms with Crippen LogP contribution in [0.15, 0.2) is 24.3 Å². The van der Waals surface area contributed by atoms with Crippen molar-refractivity contribution in [2.75, 3.05) is 0 Å². The van der Waals surface area contributed by atoms with Gasteiger partial charge < -0.3 is 0 Å². The van der Waals surface area contributed by atoms with Crippen molar-refractivity contribution in [2.45, 2.75) is 90.4 Å². The number of hydrogen-bond acceptors (Lipinski definition) is 0. The van der Waals surface area contributed by atoms with Gasteiger partial charge in [0.15, 0.2) is 0 Å². The predicted molar refractivity (Wildman–Crippen MR) is 93.6 cm³/mol. The molecule has 0 bridgehead atoms. The fourth-order valence-electron chi connectivity index (χ4n) is 2.30. The van der Waals surface area contributed by atoms with Gasteiger partial charge >= 0.3 is 0 Å². The third kappa shape index (κ3) is 17.5. The topological polar surface area (TPSA) is 0 Å². The fourth-order valence-corrected chi connectivity index (χ4v) is 2.30. The lowest BCUT2D eigenvalue weighted by molar-refractivity contribution is 0.577. The minimum atomic E-state index is 1.01. The molecule has 0 unspecified atom stereocenters. The van der Waals surface area contributed by atoms with Crippen LogP contribution in [0.2, 0.25) is 0 Å². The molecule has 0 nitrogen and oxygen atoms in total. The molecule has 0 aliphatic heterocycles. The zero-order valence-corrected chi connectivity index (χ0v) is 13.8. The highest BCUT2D eigenvalue weighted by Crippen LogP contribution is 2.10. The summed E-state index contributed by atoms with van der Waals surface area (Å²) in [5.41, 5.74) is 0. The van der Waals surface area contributed by atoms with Gasteiger partial charge in [0.05, 0.1) is 0 Å². The average Bonchev–Trinajstić information content (AvgIpc) is 2.47. The quantitative estimate of drug-likeness (QED) is 0.219. The Morgan fingerprint density at radius 2 is 1.10 bits per heavy atom. The van der Waals surface area contributed by atoms with Crippen molar-refractivity contribution in [3.63, 3.8) is 0 Å². The number of rotatable bonds is 15. The summed E-state index contributed by atoms with van der Waals surface area (Å²) in [6.07, 6.45) is 28.5. The third-order valence-electron chi connectivity index (χ3n) is 3.60. The number of unbranched alkanes of at least 4 members (excludes halogenated alkanes) is 11. The molecule has 0 amide bonds. The summed E-state index contributed by atoms with van der Waals surface area (Å²) in [5.74, 6) is 0. The van der Waals surface area contributed by atoms with Gasteiger partial charge in [-0.3, -0.25) is 0 Å². The van der Waals surface area contributed by atoms with Gasteiger partial charge in [0.1, 0.15) is 0 Å². The summed E-state index contributed by atoms with van der Waals surface area (Å²) in [6, 6.07) is 0. The van der Waals surface area contributed by atoms with E-state index >= 15 is 0 Å². The van der Waals surface area contributed by atoms with E-state index < -0.39 is 0 Å². The Kier molecular flexibility index (Phi) is 18.0. The minimum Gasteiger partial charge on any atom is -0.0885 e. The summed E-state index contributed by atoms with van der Waals surface area (Å²) >= 11 is 0. The van der Waals surface area contributed by atoms with Crippen LogP contribution < -0.4 is 0 Å². The summed E-state index contributed by atoms with van der Waals surface area (Å²) in [6.45, 7) is 5.99. The van der Waals surface area contributed by atoms with Crippen molar-refractivity contribution >= 4 is 0 Å². The molecule has 0 aromatic heterocycles. The molecule has 0 aliphatic carbocycles. The molecule has 0 aliphatic rings. The standard InChI is InChI=1S/C20H36/c1-3-5-7-9-11-13-15-17-19-20-18-16-14-12-10-8-6-4-2/h3,7,9,17,19H,1,4-6,8,10-16,18,20H2,2H3/b9-7+,19-17+. The summed E-state index contributed by atoms with van der Waals surface area (Å²) in [4.78, 5) is 0. The Hall–Kier alpha value is -0.520. The smallest absolute Gasteiger partial charge is 0.0319 e. The zero-order valence-electron chi connectivity index (χ0n) is 13.8. The van der Waals surface area contributed by atoms with Crippen LogP contribution in [0.3, 0.4) is 0 Å². The van der Waals surface area contributed by atoms with Crippen LogP contribution in [0.4, 0.5) is 0 Å². The van der Waals surface area contributed by atoms with Crippen molar-refractivity contribution in [1.82, 2.24) is 0 Å². The van der Waals surface area contributed by atoms with Crippen LogP contribution in [-0.4, -0.2) is 0 Å². The first-order chi connectivity index (χ1) is 9.91. The van der Waals surface area contributed by atoms with E-state index in [9.17, 15) is 0 Å². The minimum absolute atomic E-state index is 1.01. The van der Waals surface area contributed by atoms with Gasteiger partial charge in [0, 0.05) is 0 Å². The first-order valence-electron chi connectivity index (χ1n) is 8.82. The maximum Gasteiger partial charge on any atom is -0.0319 e. The lowest BCUT2D eigenvalue weighted by atomic mass is 10.1. The van der Waals surface area contributed by atoms with E-state index in [1.807, 2.05) is 6.42 Å². The largest absolute Gasteiger partial charge is 0.0885 e. The number of hydrogen-bond donors (Lipinski definition) is 0. The van der Waals surface area contributed by atoms with E-state index in [0.29, 0.717) is 0 Å². The Labute approximate surface area is 128 Å². The molecule has 0 heterocycles. The van der Waals surface area contributed by atoms with Crippen molar-refractivity contribution in [1.29, 1.82) is 0 Å². The average molecular weight is 277 g/mol. The lowest BCUT2D eigenvalue weighted by Gasteiger charge is -1.99. The maximum atomic E-state index is 3.71. The predicted octanol–water partition coefficient (Wildman–Crippen LogP) is 7.23. The van der Waals surface area contributed by atoms with Gasteiger partial charge in [0.2, 0.25) is 0 Å². The van der Waals surface area contributed by atoms with E-state index in [-0.39, 0.29) is 0 Å². The normalized spacial score (nSPS) is 11.9. The second-order valence-corrected chi connectivity index (χ2v) is 5.66. The summed E-state index contributed by atoms with van der Waals surface area (Å²) in [5, 5.41) is 0. The summed E-state index contributed by atoms with van der Waals surface area (Å²) in [7, 11) is 0. The van der Waals surface area contributed by atoms with E-state index in [1.54, 1.807) is 0 Å². The molecule has 0 spiro atoms. The first kappa shape index (κ1) is 19.5. The van der Waals surface area contributed by atoms with Crippen LogP contribution in [0.5, 0.6) is 0 Å². The van der Waals surface area contributed by atoms with Crippen LogP contribution in [0, 0.1) is 13.3 Å². The maximum absolute atomic E-state index is 3.71. The van der Waals surface area contributed by atoms with E-state index in [1.165, 1.54) is 77.0 Å². The monoisotopic (exact) mass is 276 g/mol. The third-order valence-corrected chi connectivity index (χ3v) is 3.60. The zero-order chi connectivity index (χ0) is 14.7. The van der Waals surface area contributed by atoms with Crippen LogP contribution in [-0.2, 0) is 0 Å². The Morgan fingerprint density at radius 3 is 1.70 bits per heavy atom. The van der Waals surface area contributed by atoms with Crippen molar-refractivity contribution in [3.05, 3.63) is 37.6 Å². The molecular weight excluding hydrogens is 240 g/mol. The van der Waals surface area contributed by atoms with Crippen LogP contribution >= 0.6 is 0 Å². The van der Waals surface area contributed by atoms with E-state index in [4.69, 9.17) is 0 Å². The van der Waals surface area contributed by atoms with Crippen LogP contribution in [0.1, 0.15) is 90.4 Å². The second-order valence-electron chi connectivity index (χ2n) is 5.66. The van der Waals surface area contributed by atoms with Gasteiger partial charge in [-0.2, -0.15) is 0 Å². The van der Waals surface area contributed by atoms with Crippen molar-refractivity contribution in [3.8, 4) is 0 Å². The molecule has 0 saturated carbocycles. The molecule has 0 saturated heterocycles. The van der Waals surface area contributed by atoms with Crippen LogP contribution in [0.25, 0.3) is 0 Å². The van der Waals surface area contributed by atoms with Crippen molar-refractivity contribution in [2.24, 2.45) is 0 Å². The number of allylic oxidation sites excluding steroid dienone is 4.